The monoisotopic (exact) mass is 330 g/mol. The maximum absolute atomic E-state index is 12.2. The first-order chi connectivity index (χ1) is 10.2. The molecule has 126 valence electrons. The Labute approximate surface area is 136 Å². The van der Waals surface area contributed by atoms with Gasteiger partial charge >= 0.3 is 18.1 Å². The van der Waals surface area contributed by atoms with Gasteiger partial charge in [0.25, 0.3) is 0 Å². The van der Waals surface area contributed by atoms with Gasteiger partial charge < -0.3 is 10.1 Å². The van der Waals surface area contributed by atoms with E-state index in [1.807, 2.05) is 27.7 Å². The second kappa shape index (κ2) is 10.1. The largest absolute Gasteiger partial charge is 0.465 e. The number of amidine groups is 1. The molecule has 22 heavy (non-hydrogen) atoms. The molecule has 8 heteroatoms. The second-order valence-corrected chi connectivity index (χ2v) is 7.07. The number of imide groups is 1. The molecule has 0 radical (unpaired) electrons. The number of nitrogens with zero attached hydrogens (tertiary/aromatic N) is 1. The Balaban J connectivity index is 4.83. The molecule has 0 aliphatic carbocycles. The van der Waals surface area contributed by atoms with Gasteiger partial charge in [0.2, 0.25) is 0 Å². The molecule has 0 atom stereocenters. The van der Waals surface area contributed by atoms with E-state index in [2.05, 4.69) is 16.6 Å². The average molecular weight is 330 g/mol. The molecule has 0 heterocycles. The van der Waals surface area contributed by atoms with Crippen LogP contribution in [-0.4, -0.2) is 40.9 Å². The van der Waals surface area contributed by atoms with Crippen LogP contribution >= 0.6 is 11.9 Å². The Kier molecular flexibility index (Phi) is 9.32. The van der Waals surface area contributed by atoms with Crippen molar-refractivity contribution in [3.63, 3.8) is 0 Å². The molecule has 7 nitrogen and oxygen atoms in total. The molecule has 0 saturated carbocycles. The zero-order valence-corrected chi connectivity index (χ0v) is 14.5. The first kappa shape index (κ1) is 20.3. The predicted molar refractivity (Wildman–Crippen MR) is 89.9 cm³/mol. The number of carbonyl (C=O) groups is 2. The van der Waals surface area contributed by atoms with Crippen LogP contribution in [-0.2, 0) is 4.74 Å². The van der Waals surface area contributed by atoms with Crippen molar-refractivity contribution in [3.05, 3.63) is 12.7 Å². The fourth-order valence-electron chi connectivity index (χ4n) is 1.14. The molecule has 0 aromatic heterocycles. The first-order valence-corrected chi connectivity index (χ1v) is 7.92. The minimum atomic E-state index is -0.728. The summed E-state index contributed by atoms with van der Waals surface area (Å²) in [7, 11) is 0. The average Bonchev–Trinajstić information content (AvgIpc) is 2.42. The Morgan fingerprint density at radius 2 is 2.00 bits per heavy atom. The third kappa shape index (κ3) is 8.56. The molecule has 0 aromatic rings. The minimum absolute atomic E-state index is 0.192. The van der Waals surface area contributed by atoms with E-state index < -0.39 is 18.1 Å². The van der Waals surface area contributed by atoms with E-state index in [4.69, 9.17) is 10.1 Å². The van der Waals surface area contributed by atoms with Crippen molar-refractivity contribution in [3.8, 4) is 0 Å². The van der Waals surface area contributed by atoms with Crippen LogP contribution in [0.4, 0.5) is 9.59 Å². The van der Waals surface area contributed by atoms with Gasteiger partial charge in [-0.05, 0) is 39.1 Å². The SMILES string of the molecule is C=CCNC(=O)N(C(=N)OCCCC)C(=O)NSC(C)(C)C. The second-order valence-electron chi connectivity index (χ2n) is 5.44. The summed E-state index contributed by atoms with van der Waals surface area (Å²) in [6, 6.07) is -1.95. The molecule has 4 amide bonds. The van der Waals surface area contributed by atoms with Crippen LogP contribution in [0.3, 0.4) is 0 Å². The lowest BCUT2D eigenvalue weighted by Crippen LogP contribution is -2.51. The first-order valence-electron chi connectivity index (χ1n) is 7.11. The number of hydrogen-bond acceptors (Lipinski definition) is 5. The van der Waals surface area contributed by atoms with Crippen molar-refractivity contribution in [1.82, 2.24) is 14.9 Å². The van der Waals surface area contributed by atoms with Crippen LogP contribution in [0.25, 0.3) is 0 Å². The summed E-state index contributed by atoms with van der Waals surface area (Å²) in [6.07, 6.45) is 3.12. The van der Waals surface area contributed by atoms with Crippen LogP contribution in [0.2, 0.25) is 0 Å². The summed E-state index contributed by atoms with van der Waals surface area (Å²) < 4.78 is 7.48. The van der Waals surface area contributed by atoms with Crippen LogP contribution in [0, 0.1) is 5.41 Å². The van der Waals surface area contributed by atoms with E-state index in [0.717, 1.165) is 24.8 Å². The summed E-state index contributed by atoms with van der Waals surface area (Å²) in [5.41, 5.74) is 0. The van der Waals surface area contributed by atoms with E-state index in [-0.39, 0.29) is 17.9 Å². The van der Waals surface area contributed by atoms with Gasteiger partial charge in [-0.25, -0.2) is 9.59 Å². The number of unbranched alkanes of at least 4 members (excludes halogenated alkanes) is 1. The Bertz CT molecular complexity index is 407. The van der Waals surface area contributed by atoms with Gasteiger partial charge in [-0.2, -0.15) is 4.90 Å². The standard InChI is InChI=1S/C14H26N4O3S/c1-6-8-10-21-11(15)18(12(19)16-9-7-2)13(20)17-22-14(3,4)5/h7,15H,2,6,8-10H2,1,3-5H3,(H,16,19)(H,17,20). The molecule has 0 aliphatic rings. The highest BCUT2D eigenvalue weighted by Gasteiger charge is 2.28. The minimum Gasteiger partial charge on any atom is -0.465 e. The smallest absolute Gasteiger partial charge is 0.343 e. The molecule has 0 unspecified atom stereocenters. The van der Waals surface area contributed by atoms with Crippen molar-refractivity contribution in [2.75, 3.05) is 13.2 Å². The van der Waals surface area contributed by atoms with Crippen molar-refractivity contribution in [2.24, 2.45) is 0 Å². The normalized spacial score (nSPS) is 10.5. The number of urea groups is 2. The zero-order chi connectivity index (χ0) is 17.2. The highest BCUT2D eigenvalue weighted by molar-refractivity contribution is 7.99. The van der Waals surface area contributed by atoms with E-state index in [1.165, 1.54) is 6.08 Å². The molecule has 0 rings (SSSR count). The quantitative estimate of drug-likeness (QED) is 0.229. The molecule has 3 N–H and O–H groups in total. The van der Waals surface area contributed by atoms with E-state index in [9.17, 15) is 9.59 Å². The number of amides is 4. The summed E-state index contributed by atoms with van der Waals surface area (Å²) in [5.74, 6) is 0. The lowest BCUT2D eigenvalue weighted by atomic mass is 10.3. The highest BCUT2D eigenvalue weighted by atomic mass is 32.2. The molecule has 0 aliphatic heterocycles. The van der Waals surface area contributed by atoms with Gasteiger partial charge in [0, 0.05) is 11.3 Å². The lowest BCUT2D eigenvalue weighted by molar-refractivity contribution is 0.189. The maximum Gasteiger partial charge on any atom is 0.343 e. The van der Waals surface area contributed by atoms with Gasteiger partial charge in [-0.1, -0.05) is 19.4 Å². The molecular formula is C14H26N4O3S. The fourth-order valence-corrected chi connectivity index (χ4v) is 1.62. The van der Waals surface area contributed by atoms with Gasteiger partial charge in [-0.3, -0.25) is 10.1 Å². The lowest BCUT2D eigenvalue weighted by Gasteiger charge is -2.23. The molecule has 0 bridgehead atoms. The summed E-state index contributed by atoms with van der Waals surface area (Å²) in [4.78, 5) is 24.8. The van der Waals surface area contributed by atoms with Crippen LogP contribution in [0.5, 0.6) is 0 Å². The summed E-state index contributed by atoms with van der Waals surface area (Å²) in [5, 5.41) is 10.3. The zero-order valence-electron chi connectivity index (χ0n) is 13.7. The van der Waals surface area contributed by atoms with Gasteiger partial charge in [0.15, 0.2) is 0 Å². The third-order valence-corrected chi connectivity index (χ3v) is 3.08. The third-order valence-electron chi connectivity index (χ3n) is 2.19. The summed E-state index contributed by atoms with van der Waals surface area (Å²) >= 11 is 1.16. The van der Waals surface area contributed by atoms with Crippen molar-refractivity contribution >= 4 is 30.0 Å². The topological polar surface area (TPSA) is 94.5 Å². The van der Waals surface area contributed by atoms with E-state index >= 15 is 0 Å². The van der Waals surface area contributed by atoms with Crippen LogP contribution < -0.4 is 10.0 Å². The Morgan fingerprint density at radius 3 is 2.50 bits per heavy atom. The molecular weight excluding hydrogens is 304 g/mol. The van der Waals surface area contributed by atoms with Crippen molar-refractivity contribution < 1.29 is 14.3 Å². The summed E-state index contributed by atoms with van der Waals surface area (Å²) in [6.45, 7) is 11.7. The van der Waals surface area contributed by atoms with Gasteiger partial charge in [0.05, 0.1) is 6.61 Å². The Hall–Kier alpha value is -1.70. The molecule has 0 spiro atoms. The van der Waals surface area contributed by atoms with E-state index in [0.29, 0.717) is 4.90 Å². The van der Waals surface area contributed by atoms with Crippen LogP contribution in [0.1, 0.15) is 40.5 Å². The maximum atomic E-state index is 12.2. The fraction of sp³-hybridized carbons (Fsp3) is 0.643. The number of nitrogens with one attached hydrogen (secondary N) is 3. The molecule has 0 saturated heterocycles. The number of rotatable bonds is 6. The molecule has 0 aromatic carbocycles. The molecule has 0 fully saturated rings. The van der Waals surface area contributed by atoms with Crippen molar-refractivity contribution in [1.29, 1.82) is 5.41 Å². The van der Waals surface area contributed by atoms with Crippen LogP contribution in [0.15, 0.2) is 12.7 Å². The Morgan fingerprint density at radius 1 is 1.36 bits per heavy atom. The van der Waals surface area contributed by atoms with Crippen molar-refractivity contribution in [2.45, 2.75) is 45.3 Å². The number of hydrogen-bond donors (Lipinski definition) is 3. The van der Waals surface area contributed by atoms with Gasteiger partial charge in [0.1, 0.15) is 0 Å². The number of carbonyl (C=O) groups excluding carboxylic acids is 2. The predicted octanol–water partition coefficient (Wildman–Crippen LogP) is 3.09. The van der Waals surface area contributed by atoms with E-state index in [1.54, 1.807) is 0 Å². The highest BCUT2D eigenvalue weighted by Crippen LogP contribution is 2.19. The van der Waals surface area contributed by atoms with Gasteiger partial charge in [-0.15, -0.1) is 6.58 Å². The number of ether oxygens (including phenoxy) is 1.